The first-order valence-electron chi connectivity index (χ1n) is 12.1. The zero-order valence-electron chi connectivity index (χ0n) is 20.0. The smallest absolute Gasteiger partial charge is 0.240 e. The summed E-state index contributed by atoms with van der Waals surface area (Å²) in [5.74, 6) is -0.854. The molecule has 0 radical (unpaired) electrons. The Morgan fingerprint density at radius 3 is 2.78 bits per heavy atom. The van der Waals surface area contributed by atoms with Crippen LogP contribution in [-0.4, -0.2) is 40.6 Å². The molecule has 1 aliphatic heterocycles. The van der Waals surface area contributed by atoms with Crippen molar-refractivity contribution in [3.05, 3.63) is 52.3 Å². The first-order valence-corrected chi connectivity index (χ1v) is 12.5. The van der Waals surface area contributed by atoms with Gasteiger partial charge in [-0.05, 0) is 37.0 Å². The second-order valence-corrected chi connectivity index (χ2v) is 10.2. The van der Waals surface area contributed by atoms with E-state index in [1.54, 1.807) is 17.6 Å². The first kappa shape index (κ1) is 23.5. The van der Waals surface area contributed by atoms with Gasteiger partial charge in [0, 0.05) is 0 Å². The number of benzene rings is 1. The number of amides is 1. The van der Waals surface area contributed by atoms with Crippen LogP contribution in [0.1, 0.15) is 55.8 Å². The molecule has 10 nitrogen and oxygen atoms in total. The van der Waals surface area contributed by atoms with Crippen molar-refractivity contribution >= 4 is 34.8 Å². The van der Waals surface area contributed by atoms with Crippen LogP contribution in [0.3, 0.4) is 0 Å². The molecule has 0 bridgehead atoms. The van der Waals surface area contributed by atoms with E-state index in [9.17, 15) is 14.3 Å². The summed E-state index contributed by atoms with van der Waals surface area (Å²) in [5, 5.41) is 16.7. The Bertz CT molecular complexity index is 1550. The zero-order chi connectivity index (χ0) is 25.9. The quantitative estimate of drug-likeness (QED) is 0.364. The van der Waals surface area contributed by atoms with Gasteiger partial charge in [0.2, 0.25) is 5.91 Å². The van der Waals surface area contributed by atoms with Gasteiger partial charge >= 0.3 is 0 Å². The highest BCUT2D eigenvalue weighted by molar-refractivity contribution is 6.32. The molecule has 1 atom stereocenters. The van der Waals surface area contributed by atoms with Crippen LogP contribution in [0.5, 0.6) is 5.75 Å². The lowest BCUT2D eigenvalue weighted by Gasteiger charge is -2.24. The molecule has 3 aromatic heterocycles. The largest absolute Gasteiger partial charge is 0.506 e. The van der Waals surface area contributed by atoms with Crippen LogP contribution in [0, 0.1) is 11.7 Å². The molecule has 190 valence electrons. The SMILES string of the molecule is C[C@]1(c2cc(O)c(Cl)c(F)c2)C(=O)Nc2nc(-c3cn4ncnc4c(CC4CCCCC4)n3)nc(N)c21. The third-order valence-electron chi connectivity index (χ3n) is 7.48. The summed E-state index contributed by atoms with van der Waals surface area (Å²) in [6.45, 7) is 1.57. The van der Waals surface area contributed by atoms with Crippen LogP contribution in [0.4, 0.5) is 16.0 Å². The molecule has 6 rings (SSSR count). The number of phenols is 1. The van der Waals surface area contributed by atoms with Crippen molar-refractivity contribution in [1.29, 1.82) is 0 Å². The molecular formula is C25H24ClFN8O2. The Labute approximate surface area is 216 Å². The highest BCUT2D eigenvalue weighted by Crippen LogP contribution is 2.46. The van der Waals surface area contributed by atoms with Crippen LogP contribution in [0.15, 0.2) is 24.7 Å². The Morgan fingerprint density at radius 2 is 2.03 bits per heavy atom. The number of nitrogens with two attached hydrogens (primary N) is 1. The number of carbonyl (C=O) groups excluding carboxylic acids is 1. The number of fused-ring (bicyclic) bond motifs is 2. The molecule has 0 saturated heterocycles. The summed E-state index contributed by atoms with van der Waals surface area (Å²) in [5.41, 5.74) is 7.33. The molecule has 4 aromatic rings. The number of nitrogens with one attached hydrogen (secondary N) is 1. The Kier molecular flexibility index (Phi) is 5.48. The average molecular weight is 523 g/mol. The van der Waals surface area contributed by atoms with Crippen LogP contribution in [0.2, 0.25) is 5.02 Å². The molecule has 2 aliphatic rings. The Morgan fingerprint density at radius 1 is 1.24 bits per heavy atom. The minimum atomic E-state index is -1.45. The second-order valence-electron chi connectivity index (χ2n) is 9.84. The fourth-order valence-corrected chi connectivity index (χ4v) is 5.57. The molecule has 37 heavy (non-hydrogen) atoms. The number of nitrogen functional groups attached to an aromatic ring is 1. The third-order valence-corrected chi connectivity index (χ3v) is 7.85. The third kappa shape index (κ3) is 3.76. The Hall–Kier alpha value is -3.86. The summed E-state index contributed by atoms with van der Waals surface area (Å²) in [6.07, 6.45) is 9.93. The van der Waals surface area contributed by atoms with Crippen LogP contribution >= 0.6 is 11.6 Å². The van der Waals surface area contributed by atoms with E-state index in [1.165, 1.54) is 31.7 Å². The van der Waals surface area contributed by atoms with E-state index in [0.29, 0.717) is 17.3 Å². The minimum absolute atomic E-state index is 0.0324. The molecule has 1 amide bonds. The number of phenolic OH excluding ortho intramolecular Hbond substituents is 1. The number of aromatic nitrogens is 6. The summed E-state index contributed by atoms with van der Waals surface area (Å²) < 4.78 is 16.0. The van der Waals surface area contributed by atoms with E-state index < -0.39 is 27.9 Å². The van der Waals surface area contributed by atoms with Gasteiger partial charge < -0.3 is 16.2 Å². The summed E-state index contributed by atoms with van der Waals surface area (Å²) in [4.78, 5) is 31.4. The predicted octanol–water partition coefficient (Wildman–Crippen LogP) is 4.04. The lowest BCUT2D eigenvalue weighted by atomic mass is 9.77. The molecule has 1 saturated carbocycles. The summed E-state index contributed by atoms with van der Waals surface area (Å²) in [6, 6.07) is 2.34. The number of hydrogen-bond donors (Lipinski definition) is 3. The van der Waals surface area contributed by atoms with Crippen molar-refractivity contribution < 1.29 is 14.3 Å². The van der Waals surface area contributed by atoms with Crippen molar-refractivity contribution in [1.82, 2.24) is 29.5 Å². The summed E-state index contributed by atoms with van der Waals surface area (Å²) >= 11 is 5.77. The van der Waals surface area contributed by atoms with Crippen molar-refractivity contribution in [3.63, 3.8) is 0 Å². The molecule has 0 unspecified atom stereocenters. The fourth-order valence-electron chi connectivity index (χ4n) is 5.46. The second kappa shape index (κ2) is 8.62. The predicted molar refractivity (Wildman–Crippen MR) is 135 cm³/mol. The van der Waals surface area contributed by atoms with Gasteiger partial charge in [0.05, 0.1) is 17.5 Å². The topological polar surface area (TPSA) is 144 Å². The number of hydrogen-bond acceptors (Lipinski definition) is 8. The average Bonchev–Trinajstić information content (AvgIpc) is 3.46. The van der Waals surface area contributed by atoms with Gasteiger partial charge in [0.15, 0.2) is 11.5 Å². The molecule has 1 fully saturated rings. The maximum atomic E-state index is 14.4. The van der Waals surface area contributed by atoms with E-state index in [2.05, 4.69) is 25.4 Å². The van der Waals surface area contributed by atoms with Crippen LogP contribution in [0.25, 0.3) is 17.2 Å². The maximum absolute atomic E-state index is 14.4. The van der Waals surface area contributed by atoms with E-state index >= 15 is 0 Å². The van der Waals surface area contributed by atoms with Crippen LogP contribution < -0.4 is 11.1 Å². The van der Waals surface area contributed by atoms with Gasteiger partial charge in [-0.2, -0.15) is 5.10 Å². The molecule has 4 N–H and O–H groups in total. The molecule has 0 spiro atoms. The first-order chi connectivity index (χ1) is 17.8. The van der Waals surface area contributed by atoms with Crippen molar-refractivity contribution in [2.24, 2.45) is 5.92 Å². The van der Waals surface area contributed by atoms with Gasteiger partial charge in [0.25, 0.3) is 0 Å². The number of halogens is 2. The van der Waals surface area contributed by atoms with E-state index in [0.717, 1.165) is 31.0 Å². The lowest BCUT2D eigenvalue weighted by molar-refractivity contribution is -0.119. The fraction of sp³-hybridized carbons (Fsp3) is 0.360. The summed E-state index contributed by atoms with van der Waals surface area (Å²) in [7, 11) is 0. The van der Waals surface area contributed by atoms with E-state index in [-0.39, 0.29) is 28.6 Å². The maximum Gasteiger partial charge on any atom is 0.240 e. The van der Waals surface area contributed by atoms with E-state index in [1.807, 2.05) is 0 Å². The van der Waals surface area contributed by atoms with Gasteiger partial charge in [0.1, 0.15) is 45.7 Å². The van der Waals surface area contributed by atoms with Gasteiger partial charge in [-0.3, -0.25) is 4.79 Å². The Balaban J connectivity index is 1.44. The van der Waals surface area contributed by atoms with E-state index in [4.69, 9.17) is 22.3 Å². The number of aromatic hydroxyl groups is 1. The monoisotopic (exact) mass is 522 g/mol. The lowest BCUT2D eigenvalue weighted by Crippen LogP contribution is -2.33. The highest BCUT2D eigenvalue weighted by atomic mass is 35.5. The van der Waals surface area contributed by atoms with Gasteiger partial charge in [-0.1, -0.05) is 43.7 Å². The number of nitrogens with zero attached hydrogens (tertiary/aromatic N) is 6. The molecule has 1 aromatic carbocycles. The number of carbonyl (C=O) groups is 1. The molecule has 4 heterocycles. The van der Waals surface area contributed by atoms with Gasteiger partial charge in [-0.15, -0.1) is 0 Å². The van der Waals surface area contributed by atoms with Gasteiger partial charge in [-0.25, -0.2) is 28.8 Å². The minimum Gasteiger partial charge on any atom is -0.506 e. The molecular weight excluding hydrogens is 499 g/mol. The van der Waals surface area contributed by atoms with Crippen LogP contribution in [-0.2, 0) is 16.6 Å². The van der Waals surface area contributed by atoms with Crippen molar-refractivity contribution in [3.8, 4) is 17.3 Å². The number of anilines is 2. The highest BCUT2D eigenvalue weighted by Gasteiger charge is 2.48. The normalized spacial score (nSPS) is 19.8. The van der Waals surface area contributed by atoms with Crippen molar-refractivity contribution in [2.45, 2.75) is 50.9 Å². The molecule has 1 aliphatic carbocycles. The number of rotatable bonds is 4. The molecule has 12 heteroatoms. The zero-order valence-corrected chi connectivity index (χ0v) is 20.8. The van der Waals surface area contributed by atoms with Crippen molar-refractivity contribution in [2.75, 3.05) is 11.1 Å². The standard InChI is InChI=1S/C25H24ClFN8O2/c1-25(13-8-14(27)19(26)17(36)9-13)18-20(28)32-21(33-22(18)34-24(25)37)16-10-35-23(29-11-30-35)15(31-16)7-12-5-3-2-4-6-12/h8-12,36H,2-7H2,1H3,(H3,28,32,33,34,37)/t25-/m1/s1.